The second kappa shape index (κ2) is 5.69. The largest absolute Gasteiger partial charge is 0.480 e. The average Bonchev–Trinajstić information content (AvgIpc) is 2.37. The predicted octanol–water partition coefficient (Wildman–Crippen LogP) is 3.15. The van der Waals surface area contributed by atoms with Crippen molar-refractivity contribution < 1.29 is 9.90 Å². The SMILES string of the molecule is CC(C)C[C@H](Nc1ccnc2ccccc12)C(=O)O. The summed E-state index contributed by atoms with van der Waals surface area (Å²) in [5.41, 5.74) is 1.68. The molecule has 4 nitrogen and oxygen atoms in total. The number of aromatic nitrogens is 1. The van der Waals surface area contributed by atoms with E-state index >= 15 is 0 Å². The number of carboxylic acid groups (broad SMARTS) is 1. The topological polar surface area (TPSA) is 62.2 Å². The molecule has 4 heteroatoms. The van der Waals surface area contributed by atoms with Gasteiger partial charge in [0.05, 0.1) is 5.52 Å². The molecule has 0 aliphatic carbocycles. The number of benzene rings is 1. The molecule has 0 fully saturated rings. The van der Waals surface area contributed by atoms with Crippen molar-refractivity contribution in [2.45, 2.75) is 26.3 Å². The summed E-state index contributed by atoms with van der Waals surface area (Å²) in [6.45, 7) is 4.03. The smallest absolute Gasteiger partial charge is 0.326 e. The Kier molecular flexibility index (Phi) is 4.00. The first kappa shape index (κ1) is 13.3. The summed E-state index contributed by atoms with van der Waals surface area (Å²) in [6, 6.07) is 8.94. The highest BCUT2D eigenvalue weighted by Gasteiger charge is 2.19. The van der Waals surface area contributed by atoms with Gasteiger partial charge in [-0.1, -0.05) is 32.0 Å². The van der Waals surface area contributed by atoms with Crippen LogP contribution in [0.2, 0.25) is 0 Å². The number of nitrogens with one attached hydrogen (secondary N) is 1. The second-order valence-corrected chi connectivity index (χ2v) is 5.04. The van der Waals surface area contributed by atoms with Crippen molar-refractivity contribution in [2.24, 2.45) is 5.92 Å². The zero-order valence-electron chi connectivity index (χ0n) is 11.1. The minimum atomic E-state index is -0.824. The Labute approximate surface area is 112 Å². The van der Waals surface area contributed by atoms with Crippen LogP contribution in [-0.2, 0) is 4.79 Å². The minimum absolute atomic E-state index is 0.321. The number of carboxylic acids is 1. The lowest BCUT2D eigenvalue weighted by atomic mass is 10.0. The predicted molar refractivity (Wildman–Crippen MR) is 76.2 cm³/mol. The van der Waals surface area contributed by atoms with Crippen molar-refractivity contribution in [3.8, 4) is 0 Å². The van der Waals surface area contributed by atoms with Gasteiger partial charge in [0.1, 0.15) is 6.04 Å². The number of fused-ring (bicyclic) bond motifs is 1. The van der Waals surface area contributed by atoms with E-state index in [1.54, 1.807) is 6.20 Å². The van der Waals surface area contributed by atoms with E-state index in [9.17, 15) is 9.90 Å². The van der Waals surface area contributed by atoms with Crippen LogP contribution in [0.25, 0.3) is 10.9 Å². The Bertz CT molecular complexity index is 576. The Balaban J connectivity index is 2.31. The molecule has 2 aromatic rings. The molecule has 0 amide bonds. The molecular formula is C15H18N2O2. The molecule has 100 valence electrons. The lowest BCUT2D eigenvalue weighted by molar-refractivity contribution is -0.138. The zero-order chi connectivity index (χ0) is 13.8. The minimum Gasteiger partial charge on any atom is -0.480 e. The first-order chi connectivity index (χ1) is 9.08. The van der Waals surface area contributed by atoms with Crippen LogP contribution in [0.1, 0.15) is 20.3 Å². The van der Waals surface area contributed by atoms with Crippen LogP contribution < -0.4 is 5.32 Å². The average molecular weight is 258 g/mol. The van der Waals surface area contributed by atoms with Crippen molar-refractivity contribution in [2.75, 3.05) is 5.32 Å². The number of hydrogen-bond acceptors (Lipinski definition) is 3. The van der Waals surface area contributed by atoms with Gasteiger partial charge in [0.15, 0.2) is 0 Å². The molecule has 19 heavy (non-hydrogen) atoms. The van der Waals surface area contributed by atoms with Crippen molar-refractivity contribution in [1.82, 2.24) is 4.98 Å². The van der Waals surface area contributed by atoms with Crippen LogP contribution >= 0.6 is 0 Å². The van der Waals surface area contributed by atoms with Crippen molar-refractivity contribution in [1.29, 1.82) is 0 Å². The highest BCUT2D eigenvalue weighted by atomic mass is 16.4. The molecule has 1 heterocycles. The standard InChI is InChI=1S/C15H18N2O2/c1-10(2)9-14(15(18)19)17-13-7-8-16-12-6-4-3-5-11(12)13/h3-8,10,14H,9H2,1-2H3,(H,16,17)(H,18,19)/t14-/m0/s1. The summed E-state index contributed by atoms with van der Waals surface area (Å²) in [6.07, 6.45) is 2.28. The van der Waals surface area contributed by atoms with E-state index < -0.39 is 12.0 Å². The number of anilines is 1. The van der Waals surface area contributed by atoms with E-state index in [0.717, 1.165) is 16.6 Å². The quantitative estimate of drug-likeness (QED) is 0.864. The van der Waals surface area contributed by atoms with Crippen molar-refractivity contribution >= 4 is 22.6 Å². The van der Waals surface area contributed by atoms with Gasteiger partial charge >= 0.3 is 5.97 Å². The Morgan fingerprint density at radius 1 is 1.32 bits per heavy atom. The number of nitrogens with zero attached hydrogens (tertiary/aromatic N) is 1. The third-order valence-corrected chi connectivity index (χ3v) is 2.98. The van der Waals surface area contributed by atoms with Crippen molar-refractivity contribution in [3.63, 3.8) is 0 Å². The normalized spacial score (nSPS) is 12.6. The molecule has 0 radical (unpaired) electrons. The van der Waals surface area contributed by atoms with E-state index in [-0.39, 0.29) is 0 Å². The van der Waals surface area contributed by atoms with Gasteiger partial charge in [0, 0.05) is 17.3 Å². The number of pyridine rings is 1. The van der Waals surface area contributed by atoms with Crippen LogP contribution in [0.3, 0.4) is 0 Å². The molecule has 0 saturated heterocycles. The third kappa shape index (κ3) is 3.22. The van der Waals surface area contributed by atoms with Gasteiger partial charge in [-0.25, -0.2) is 4.79 Å². The van der Waals surface area contributed by atoms with Gasteiger partial charge in [-0.2, -0.15) is 0 Å². The van der Waals surface area contributed by atoms with Gasteiger partial charge in [0.2, 0.25) is 0 Å². The fraction of sp³-hybridized carbons (Fsp3) is 0.333. The van der Waals surface area contributed by atoms with Crippen LogP contribution in [0.4, 0.5) is 5.69 Å². The molecular weight excluding hydrogens is 240 g/mol. The van der Waals surface area contributed by atoms with E-state index in [1.807, 2.05) is 44.2 Å². The van der Waals surface area contributed by atoms with E-state index in [1.165, 1.54) is 0 Å². The van der Waals surface area contributed by atoms with Gasteiger partial charge in [-0.15, -0.1) is 0 Å². The monoisotopic (exact) mass is 258 g/mol. The zero-order valence-corrected chi connectivity index (χ0v) is 11.1. The number of aliphatic carboxylic acids is 1. The maximum absolute atomic E-state index is 11.3. The summed E-state index contributed by atoms with van der Waals surface area (Å²) < 4.78 is 0. The highest BCUT2D eigenvalue weighted by molar-refractivity contribution is 5.92. The number of rotatable bonds is 5. The maximum Gasteiger partial charge on any atom is 0.326 e. The van der Waals surface area contributed by atoms with Gasteiger partial charge in [-0.3, -0.25) is 4.98 Å². The van der Waals surface area contributed by atoms with Crippen LogP contribution in [0.15, 0.2) is 36.5 Å². The molecule has 0 saturated carbocycles. The van der Waals surface area contributed by atoms with E-state index in [2.05, 4.69) is 10.3 Å². The Hall–Kier alpha value is -2.10. The number of hydrogen-bond donors (Lipinski definition) is 2. The van der Waals surface area contributed by atoms with Gasteiger partial charge < -0.3 is 10.4 Å². The molecule has 1 aromatic carbocycles. The molecule has 0 aliphatic rings. The molecule has 1 aromatic heterocycles. The summed E-state index contributed by atoms with van der Waals surface area (Å²) >= 11 is 0. The van der Waals surface area contributed by atoms with Crippen LogP contribution in [-0.4, -0.2) is 22.1 Å². The summed E-state index contributed by atoms with van der Waals surface area (Å²) in [7, 11) is 0. The highest BCUT2D eigenvalue weighted by Crippen LogP contribution is 2.22. The summed E-state index contributed by atoms with van der Waals surface area (Å²) in [4.78, 5) is 15.6. The molecule has 0 bridgehead atoms. The summed E-state index contributed by atoms with van der Waals surface area (Å²) in [5.74, 6) is -0.503. The first-order valence-corrected chi connectivity index (χ1v) is 6.41. The molecule has 0 aliphatic heterocycles. The lowest BCUT2D eigenvalue weighted by Gasteiger charge is -2.18. The fourth-order valence-electron chi connectivity index (χ4n) is 2.10. The molecule has 2 N–H and O–H groups in total. The number of para-hydroxylation sites is 1. The van der Waals surface area contributed by atoms with Crippen molar-refractivity contribution in [3.05, 3.63) is 36.5 Å². The van der Waals surface area contributed by atoms with Gasteiger partial charge in [0.25, 0.3) is 0 Å². The molecule has 2 rings (SSSR count). The molecule has 0 spiro atoms. The first-order valence-electron chi connectivity index (χ1n) is 6.41. The van der Waals surface area contributed by atoms with Crippen LogP contribution in [0.5, 0.6) is 0 Å². The Morgan fingerprint density at radius 3 is 2.74 bits per heavy atom. The van der Waals surface area contributed by atoms with Gasteiger partial charge in [-0.05, 0) is 24.5 Å². The second-order valence-electron chi connectivity index (χ2n) is 5.04. The molecule has 0 unspecified atom stereocenters. The Morgan fingerprint density at radius 2 is 2.05 bits per heavy atom. The summed E-state index contributed by atoms with van der Waals surface area (Å²) in [5, 5.41) is 13.3. The van der Waals surface area contributed by atoms with E-state index in [0.29, 0.717) is 12.3 Å². The fourth-order valence-corrected chi connectivity index (χ4v) is 2.10. The third-order valence-electron chi connectivity index (χ3n) is 2.98. The maximum atomic E-state index is 11.3. The van der Waals surface area contributed by atoms with E-state index in [4.69, 9.17) is 0 Å². The lowest BCUT2D eigenvalue weighted by Crippen LogP contribution is -2.30. The van der Waals surface area contributed by atoms with Crippen LogP contribution in [0, 0.1) is 5.92 Å². The molecule has 1 atom stereocenters. The number of carbonyl (C=O) groups is 1.